The summed E-state index contributed by atoms with van der Waals surface area (Å²) in [6.07, 6.45) is -4.63. The first-order valence-electron chi connectivity index (χ1n) is 8.93. The third-order valence-corrected chi connectivity index (χ3v) is 6.52. The van der Waals surface area contributed by atoms with E-state index in [0.29, 0.717) is 25.0 Å². The van der Waals surface area contributed by atoms with Gasteiger partial charge < -0.3 is 10.0 Å². The lowest BCUT2D eigenvalue weighted by atomic mass is 9.85. The molecule has 4 nitrogen and oxygen atoms in total. The molecule has 1 aliphatic heterocycles. The summed E-state index contributed by atoms with van der Waals surface area (Å²) in [4.78, 5) is 25.5. The molecule has 29 heavy (non-hydrogen) atoms. The Balaban J connectivity index is 2.02. The summed E-state index contributed by atoms with van der Waals surface area (Å²) in [5.41, 5.74) is -5.43. The topological polar surface area (TPSA) is 57.6 Å². The predicted octanol–water partition coefficient (Wildman–Crippen LogP) is 5.05. The normalized spacial score (nSPS) is 26.5. The smallest absolute Gasteiger partial charge is 0.416 e. The van der Waals surface area contributed by atoms with E-state index in [9.17, 15) is 27.9 Å². The van der Waals surface area contributed by atoms with E-state index in [1.807, 2.05) is 0 Å². The molecule has 1 saturated heterocycles. The van der Waals surface area contributed by atoms with Crippen molar-refractivity contribution in [3.05, 3.63) is 33.8 Å². The molecule has 1 unspecified atom stereocenters. The van der Waals surface area contributed by atoms with Crippen LogP contribution < -0.4 is 0 Å². The lowest BCUT2D eigenvalue weighted by Gasteiger charge is -2.33. The number of carbonyl (C=O) groups excluding carboxylic acids is 1. The maximum atomic E-state index is 15.3. The van der Waals surface area contributed by atoms with Gasteiger partial charge in [-0.15, -0.1) is 0 Å². The quantitative estimate of drug-likeness (QED) is 0.609. The first-order valence-corrected chi connectivity index (χ1v) is 9.73. The molecule has 0 aromatic heterocycles. The van der Waals surface area contributed by atoms with Crippen molar-refractivity contribution in [2.75, 3.05) is 6.54 Å². The van der Waals surface area contributed by atoms with E-state index >= 15 is 8.78 Å². The second-order valence-electron chi connectivity index (χ2n) is 8.27. The number of aliphatic carboxylic acids is 1. The number of likely N-dealkylation sites (tertiary alicyclic amines) is 1. The van der Waals surface area contributed by atoms with Crippen LogP contribution in [0, 0.1) is 11.3 Å². The van der Waals surface area contributed by atoms with Gasteiger partial charge >= 0.3 is 12.1 Å². The van der Waals surface area contributed by atoms with Gasteiger partial charge in [-0.25, -0.2) is 13.6 Å². The minimum Gasteiger partial charge on any atom is -0.480 e. The molecular weight excluding hydrogens is 465 g/mol. The molecule has 1 heterocycles. The minimum absolute atomic E-state index is 0.00960. The van der Waals surface area contributed by atoms with Gasteiger partial charge in [0.15, 0.2) is 0 Å². The second-order valence-corrected chi connectivity index (χ2v) is 9.18. The van der Waals surface area contributed by atoms with Crippen molar-refractivity contribution >= 4 is 27.8 Å². The molecule has 1 N–H and O–H groups in total. The van der Waals surface area contributed by atoms with Gasteiger partial charge in [0.05, 0.1) is 5.56 Å². The zero-order valence-electron chi connectivity index (χ0n) is 15.6. The number of hydrogen-bond acceptors (Lipinski definition) is 2. The number of rotatable bonds is 4. The number of carboxylic acids is 1. The first-order chi connectivity index (χ1) is 13.1. The average molecular weight is 484 g/mol. The Bertz CT molecular complexity index is 868. The number of carbonyl (C=O) groups is 2. The molecule has 0 bridgehead atoms. The molecule has 3 rings (SSSR count). The van der Waals surface area contributed by atoms with Crippen molar-refractivity contribution < 1.29 is 36.6 Å². The highest BCUT2D eigenvalue weighted by molar-refractivity contribution is 9.10. The van der Waals surface area contributed by atoms with Crippen LogP contribution in [-0.4, -0.2) is 34.0 Å². The van der Waals surface area contributed by atoms with Crippen LogP contribution in [0.25, 0.3) is 0 Å². The fourth-order valence-electron chi connectivity index (χ4n) is 3.82. The Labute approximate surface area is 172 Å². The zero-order chi connectivity index (χ0) is 22.0. The summed E-state index contributed by atoms with van der Waals surface area (Å²) in [6.45, 7) is 2.17. The van der Waals surface area contributed by atoms with Gasteiger partial charge in [0.2, 0.25) is 5.91 Å². The Morgan fingerprint density at radius 2 is 1.72 bits per heavy atom. The van der Waals surface area contributed by atoms with E-state index in [2.05, 4.69) is 15.9 Å². The monoisotopic (exact) mass is 483 g/mol. The van der Waals surface area contributed by atoms with E-state index in [4.69, 9.17) is 0 Å². The molecule has 10 heteroatoms. The van der Waals surface area contributed by atoms with Crippen LogP contribution >= 0.6 is 15.9 Å². The molecule has 1 aromatic rings. The summed E-state index contributed by atoms with van der Waals surface area (Å²) < 4.78 is 70.7. The van der Waals surface area contributed by atoms with E-state index in [-0.39, 0.29) is 4.47 Å². The van der Waals surface area contributed by atoms with Crippen molar-refractivity contribution in [2.45, 2.75) is 50.7 Å². The molecule has 0 spiro atoms. The average Bonchev–Trinajstić information content (AvgIpc) is 3.24. The van der Waals surface area contributed by atoms with E-state index < -0.39 is 64.9 Å². The van der Waals surface area contributed by atoms with Crippen LogP contribution in [-0.2, 0) is 21.7 Å². The number of amides is 1. The third kappa shape index (κ3) is 3.64. The number of halogens is 6. The zero-order valence-corrected chi connectivity index (χ0v) is 17.2. The van der Waals surface area contributed by atoms with Gasteiger partial charge in [-0.1, -0.05) is 28.9 Å². The molecule has 160 valence electrons. The predicted molar refractivity (Wildman–Crippen MR) is 96.2 cm³/mol. The number of benzene rings is 1. The highest BCUT2D eigenvalue weighted by atomic mass is 79.9. The van der Waals surface area contributed by atoms with Crippen molar-refractivity contribution in [1.29, 1.82) is 0 Å². The largest absolute Gasteiger partial charge is 0.480 e. The summed E-state index contributed by atoms with van der Waals surface area (Å²) in [5.74, 6) is -7.76. The van der Waals surface area contributed by atoms with Crippen molar-refractivity contribution in [1.82, 2.24) is 4.90 Å². The van der Waals surface area contributed by atoms with E-state index in [0.717, 1.165) is 11.0 Å². The fourth-order valence-corrected chi connectivity index (χ4v) is 4.18. The minimum atomic E-state index is -5.02. The van der Waals surface area contributed by atoms with E-state index in [1.165, 1.54) is 6.92 Å². The molecule has 1 aliphatic carbocycles. The van der Waals surface area contributed by atoms with Gasteiger partial charge in [-0.3, -0.25) is 4.79 Å². The van der Waals surface area contributed by atoms with Crippen molar-refractivity contribution in [2.24, 2.45) is 11.3 Å². The molecule has 1 aromatic carbocycles. The summed E-state index contributed by atoms with van der Waals surface area (Å²) in [7, 11) is 0. The Kier molecular flexibility index (Phi) is 5.04. The van der Waals surface area contributed by atoms with Crippen molar-refractivity contribution in [3.63, 3.8) is 0 Å². The van der Waals surface area contributed by atoms with Gasteiger partial charge in [0, 0.05) is 27.9 Å². The van der Waals surface area contributed by atoms with Crippen LogP contribution in [0.1, 0.15) is 44.2 Å². The lowest BCUT2D eigenvalue weighted by molar-refractivity contribution is -0.157. The molecule has 2 aliphatic rings. The number of hydrogen-bond donors (Lipinski definition) is 1. The Hall–Kier alpha value is -1.71. The third-order valence-electron chi connectivity index (χ3n) is 6.02. The molecule has 2 fully saturated rings. The molecule has 0 radical (unpaired) electrons. The van der Waals surface area contributed by atoms with Gasteiger partial charge in [0.25, 0.3) is 5.92 Å². The van der Waals surface area contributed by atoms with Gasteiger partial charge in [-0.2, -0.15) is 13.2 Å². The molecular formula is C19H19BrF5NO3. The highest BCUT2D eigenvalue weighted by Gasteiger charge is 2.61. The van der Waals surface area contributed by atoms with Crippen LogP contribution in [0.5, 0.6) is 0 Å². The SMILES string of the molecule is CC1(C(=O)N2CC(C(F)(F)c3ccc(Br)cc3C(F)(F)F)C[C@@]2(C)C(=O)O)CC1. The number of carboxylic acid groups (broad SMARTS) is 1. The maximum absolute atomic E-state index is 15.3. The number of nitrogens with zero attached hydrogens (tertiary/aromatic N) is 1. The van der Waals surface area contributed by atoms with Crippen molar-refractivity contribution in [3.8, 4) is 0 Å². The van der Waals surface area contributed by atoms with Crippen LogP contribution in [0.2, 0.25) is 0 Å². The molecule has 1 amide bonds. The fraction of sp³-hybridized carbons (Fsp3) is 0.579. The summed E-state index contributed by atoms with van der Waals surface area (Å²) >= 11 is 2.86. The first kappa shape index (κ1) is 22.0. The molecule has 2 atom stereocenters. The summed E-state index contributed by atoms with van der Waals surface area (Å²) in [6, 6.07) is 2.35. The summed E-state index contributed by atoms with van der Waals surface area (Å²) in [5, 5.41) is 9.63. The number of alkyl halides is 5. The lowest BCUT2D eigenvalue weighted by Crippen LogP contribution is -2.52. The highest BCUT2D eigenvalue weighted by Crippen LogP contribution is 2.53. The second kappa shape index (κ2) is 6.65. The van der Waals surface area contributed by atoms with Crippen LogP contribution in [0.3, 0.4) is 0 Å². The van der Waals surface area contributed by atoms with Crippen LogP contribution in [0.15, 0.2) is 22.7 Å². The standard InChI is InChI=1S/C19H19BrF5NO3/c1-16(5-6-16)14(27)26-9-10(8-17(26,2)15(28)29)18(21,22)12-4-3-11(20)7-13(12)19(23,24)25/h3-4,7,10H,5-6,8-9H2,1-2H3,(H,28,29)/t10?,17-/m0/s1. The molecule has 1 saturated carbocycles. The van der Waals surface area contributed by atoms with Gasteiger partial charge in [0.1, 0.15) is 5.54 Å². The maximum Gasteiger partial charge on any atom is 0.416 e. The van der Waals surface area contributed by atoms with Gasteiger partial charge in [-0.05, 0) is 38.3 Å². The Morgan fingerprint density at radius 3 is 2.21 bits per heavy atom. The van der Waals surface area contributed by atoms with E-state index in [1.54, 1.807) is 6.92 Å². The Morgan fingerprint density at radius 1 is 1.14 bits per heavy atom. The van der Waals surface area contributed by atoms with Crippen LogP contribution in [0.4, 0.5) is 22.0 Å².